The van der Waals surface area contributed by atoms with Crippen LogP contribution in [-0.4, -0.2) is 19.2 Å². The minimum atomic E-state index is 0.626. The summed E-state index contributed by atoms with van der Waals surface area (Å²) in [5.41, 5.74) is 2.57. The number of benzene rings is 1. The molecule has 1 N–H and O–H groups in total. The lowest BCUT2D eigenvalue weighted by molar-refractivity contribution is 0.299. The van der Waals surface area contributed by atoms with Crippen LogP contribution in [0.2, 0.25) is 0 Å². The van der Waals surface area contributed by atoms with E-state index in [1.807, 2.05) is 0 Å². The molecule has 19 heavy (non-hydrogen) atoms. The molecule has 1 rings (SSSR count). The van der Waals surface area contributed by atoms with Crippen molar-refractivity contribution in [3.05, 3.63) is 29.3 Å². The highest BCUT2D eigenvalue weighted by Gasteiger charge is 2.02. The Morgan fingerprint density at radius 2 is 2.00 bits per heavy atom. The minimum absolute atomic E-state index is 0.626. The highest BCUT2D eigenvalue weighted by Crippen LogP contribution is 2.20. The summed E-state index contributed by atoms with van der Waals surface area (Å²) in [6.45, 7) is 10.7. The van der Waals surface area contributed by atoms with Crippen LogP contribution >= 0.6 is 0 Å². The second kappa shape index (κ2) is 8.98. The normalized spacial score (nSPS) is 12.4. The third-order valence-electron chi connectivity index (χ3n) is 3.59. The Balaban J connectivity index is 2.15. The monoisotopic (exact) mass is 263 g/mol. The van der Waals surface area contributed by atoms with E-state index in [1.165, 1.54) is 30.4 Å². The van der Waals surface area contributed by atoms with Crippen molar-refractivity contribution in [1.29, 1.82) is 0 Å². The van der Waals surface area contributed by atoms with Gasteiger partial charge in [0.2, 0.25) is 0 Å². The fraction of sp³-hybridized carbons (Fsp3) is 0.647. The van der Waals surface area contributed by atoms with E-state index in [9.17, 15) is 0 Å². The topological polar surface area (TPSA) is 21.3 Å². The van der Waals surface area contributed by atoms with Crippen molar-refractivity contribution in [2.24, 2.45) is 0 Å². The Labute approximate surface area is 118 Å². The Morgan fingerprint density at radius 1 is 1.21 bits per heavy atom. The standard InChI is InChI=1S/C17H29NO/c1-5-12-18-15(3)10-6-7-13-19-17-11-8-9-14(2)16(17)4/h8-9,11,15,18H,5-7,10,12-13H2,1-4H3. The summed E-state index contributed by atoms with van der Waals surface area (Å²) in [7, 11) is 0. The van der Waals surface area contributed by atoms with Gasteiger partial charge in [-0.15, -0.1) is 0 Å². The van der Waals surface area contributed by atoms with Gasteiger partial charge >= 0.3 is 0 Å². The Bertz CT molecular complexity index is 362. The first-order valence-electron chi connectivity index (χ1n) is 7.57. The molecule has 0 fully saturated rings. The van der Waals surface area contributed by atoms with E-state index in [-0.39, 0.29) is 0 Å². The average Bonchev–Trinajstić information content (AvgIpc) is 2.40. The largest absolute Gasteiger partial charge is 0.493 e. The van der Waals surface area contributed by atoms with Gasteiger partial charge in [0.05, 0.1) is 6.61 Å². The first-order chi connectivity index (χ1) is 9.15. The number of nitrogens with one attached hydrogen (secondary N) is 1. The molecule has 1 atom stereocenters. The summed E-state index contributed by atoms with van der Waals surface area (Å²) >= 11 is 0. The molecule has 2 heteroatoms. The number of hydrogen-bond donors (Lipinski definition) is 1. The van der Waals surface area contributed by atoms with Gasteiger partial charge in [-0.05, 0) is 70.2 Å². The van der Waals surface area contributed by atoms with Crippen LogP contribution in [0.5, 0.6) is 5.75 Å². The van der Waals surface area contributed by atoms with Gasteiger partial charge in [-0.1, -0.05) is 19.1 Å². The number of ether oxygens (including phenoxy) is 1. The van der Waals surface area contributed by atoms with E-state index in [2.05, 4.69) is 51.2 Å². The van der Waals surface area contributed by atoms with Crippen LogP contribution in [-0.2, 0) is 0 Å². The van der Waals surface area contributed by atoms with Crippen LogP contribution in [0.3, 0.4) is 0 Å². The van der Waals surface area contributed by atoms with E-state index in [0.29, 0.717) is 6.04 Å². The maximum atomic E-state index is 5.86. The molecule has 1 unspecified atom stereocenters. The summed E-state index contributed by atoms with van der Waals surface area (Å²) in [4.78, 5) is 0. The highest BCUT2D eigenvalue weighted by atomic mass is 16.5. The van der Waals surface area contributed by atoms with Crippen molar-refractivity contribution in [2.75, 3.05) is 13.2 Å². The SMILES string of the molecule is CCCNC(C)CCCCOc1cccc(C)c1C. The third kappa shape index (κ3) is 6.11. The van der Waals surface area contributed by atoms with Crippen molar-refractivity contribution in [1.82, 2.24) is 5.32 Å². The molecule has 0 aliphatic carbocycles. The molecule has 0 heterocycles. The summed E-state index contributed by atoms with van der Waals surface area (Å²) in [5, 5.41) is 3.52. The number of aryl methyl sites for hydroxylation is 1. The molecule has 108 valence electrons. The van der Waals surface area contributed by atoms with Gasteiger partial charge in [-0.2, -0.15) is 0 Å². The van der Waals surface area contributed by atoms with Crippen molar-refractivity contribution in [3.8, 4) is 5.75 Å². The number of hydrogen-bond acceptors (Lipinski definition) is 2. The maximum absolute atomic E-state index is 5.86. The van der Waals surface area contributed by atoms with E-state index in [4.69, 9.17) is 4.74 Å². The van der Waals surface area contributed by atoms with Crippen LogP contribution in [0, 0.1) is 13.8 Å². The van der Waals surface area contributed by atoms with Gasteiger partial charge < -0.3 is 10.1 Å². The van der Waals surface area contributed by atoms with Gasteiger partial charge in [-0.25, -0.2) is 0 Å². The van der Waals surface area contributed by atoms with Gasteiger partial charge in [0.15, 0.2) is 0 Å². The quantitative estimate of drug-likeness (QED) is 0.673. The second-order valence-electron chi connectivity index (χ2n) is 5.40. The van der Waals surface area contributed by atoms with Gasteiger partial charge in [0.25, 0.3) is 0 Å². The molecule has 1 aromatic rings. The Kier molecular flexibility index (Phi) is 7.57. The summed E-state index contributed by atoms with van der Waals surface area (Å²) in [5.74, 6) is 1.04. The van der Waals surface area contributed by atoms with E-state index < -0.39 is 0 Å². The molecule has 0 aromatic heterocycles. The Morgan fingerprint density at radius 3 is 2.74 bits per heavy atom. The van der Waals surface area contributed by atoms with Crippen LogP contribution in [0.1, 0.15) is 50.7 Å². The molecular weight excluding hydrogens is 234 g/mol. The summed E-state index contributed by atoms with van der Waals surface area (Å²) in [6.07, 6.45) is 4.80. The minimum Gasteiger partial charge on any atom is -0.493 e. The summed E-state index contributed by atoms with van der Waals surface area (Å²) in [6, 6.07) is 6.88. The molecule has 2 nitrogen and oxygen atoms in total. The highest BCUT2D eigenvalue weighted by molar-refractivity contribution is 5.38. The van der Waals surface area contributed by atoms with Crippen molar-refractivity contribution >= 4 is 0 Å². The molecule has 0 aliphatic rings. The van der Waals surface area contributed by atoms with Crippen LogP contribution in [0.15, 0.2) is 18.2 Å². The molecule has 0 amide bonds. The van der Waals surface area contributed by atoms with Gasteiger partial charge in [-0.3, -0.25) is 0 Å². The van der Waals surface area contributed by atoms with E-state index in [1.54, 1.807) is 0 Å². The van der Waals surface area contributed by atoms with E-state index >= 15 is 0 Å². The summed E-state index contributed by atoms with van der Waals surface area (Å²) < 4.78 is 5.86. The fourth-order valence-corrected chi connectivity index (χ4v) is 2.11. The molecule has 0 saturated carbocycles. The molecular formula is C17H29NO. The number of rotatable bonds is 9. The zero-order valence-corrected chi connectivity index (χ0v) is 13.0. The average molecular weight is 263 g/mol. The molecule has 0 aliphatic heterocycles. The lowest BCUT2D eigenvalue weighted by atomic mass is 10.1. The lowest BCUT2D eigenvalue weighted by Gasteiger charge is -2.14. The number of unbranched alkanes of at least 4 members (excludes halogenated alkanes) is 1. The van der Waals surface area contributed by atoms with Crippen molar-refractivity contribution in [3.63, 3.8) is 0 Å². The predicted octanol–water partition coefficient (Wildman–Crippen LogP) is 4.24. The first kappa shape index (κ1) is 16.0. The van der Waals surface area contributed by atoms with Crippen LogP contribution in [0.25, 0.3) is 0 Å². The molecule has 0 radical (unpaired) electrons. The zero-order valence-electron chi connectivity index (χ0n) is 13.0. The molecule has 0 spiro atoms. The maximum Gasteiger partial charge on any atom is 0.122 e. The predicted molar refractivity (Wildman–Crippen MR) is 83.0 cm³/mol. The van der Waals surface area contributed by atoms with Crippen LogP contribution < -0.4 is 10.1 Å². The molecule has 1 aromatic carbocycles. The first-order valence-corrected chi connectivity index (χ1v) is 7.57. The van der Waals surface area contributed by atoms with Gasteiger partial charge in [0, 0.05) is 6.04 Å². The third-order valence-corrected chi connectivity index (χ3v) is 3.59. The van der Waals surface area contributed by atoms with Crippen LogP contribution in [0.4, 0.5) is 0 Å². The Hall–Kier alpha value is -1.02. The zero-order chi connectivity index (χ0) is 14.1. The second-order valence-corrected chi connectivity index (χ2v) is 5.40. The molecule has 0 saturated heterocycles. The van der Waals surface area contributed by atoms with Crippen molar-refractivity contribution in [2.45, 2.75) is 59.4 Å². The van der Waals surface area contributed by atoms with E-state index in [0.717, 1.165) is 25.3 Å². The lowest BCUT2D eigenvalue weighted by Crippen LogP contribution is -2.26. The smallest absolute Gasteiger partial charge is 0.122 e. The van der Waals surface area contributed by atoms with Crippen molar-refractivity contribution < 1.29 is 4.74 Å². The molecule has 0 bridgehead atoms. The fourth-order valence-electron chi connectivity index (χ4n) is 2.11. The van der Waals surface area contributed by atoms with Gasteiger partial charge in [0.1, 0.15) is 5.75 Å².